The van der Waals surface area contributed by atoms with E-state index < -0.39 is 0 Å². The Balaban J connectivity index is 0.00000133. The molecule has 0 heterocycles. The zero-order chi connectivity index (χ0) is 12.8. The summed E-state index contributed by atoms with van der Waals surface area (Å²) in [4.78, 5) is 0. The van der Waals surface area contributed by atoms with Crippen LogP contribution < -0.4 is 0 Å². The molecule has 0 unspecified atom stereocenters. The first-order valence-electron chi connectivity index (χ1n) is 7.46. The molecule has 2 atom stereocenters. The van der Waals surface area contributed by atoms with Crippen LogP contribution in [-0.2, 0) is 12.8 Å². The number of rotatable bonds is 2. The van der Waals surface area contributed by atoms with E-state index in [1.807, 2.05) is 0 Å². The Kier molecular flexibility index (Phi) is 4.52. The zero-order valence-electron chi connectivity index (χ0n) is 12.0. The number of aryl methyl sites for hydroxylation is 1. The van der Waals surface area contributed by atoms with E-state index in [1.165, 1.54) is 49.7 Å². The van der Waals surface area contributed by atoms with Gasteiger partial charge in [0, 0.05) is 5.02 Å². The van der Waals surface area contributed by atoms with Gasteiger partial charge in [-0.05, 0) is 60.1 Å². The maximum atomic E-state index is 6.64. The van der Waals surface area contributed by atoms with E-state index in [4.69, 9.17) is 11.6 Å². The summed E-state index contributed by atoms with van der Waals surface area (Å²) < 4.78 is 0. The Morgan fingerprint density at radius 2 is 2.11 bits per heavy atom. The average Bonchev–Trinajstić information content (AvgIpc) is 2.75. The summed E-state index contributed by atoms with van der Waals surface area (Å²) in [5, 5.41) is 1.09. The molecule has 3 rings (SSSR count). The van der Waals surface area contributed by atoms with Crippen LogP contribution in [0.2, 0.25) is 5.02 Å². The minimum atomic E-state index is 0. The summed E-state index contributed by atoms with van der Waals surface area (Å²) in [5.74, 6) is 0.773. The predicted octanol–water partition coefficient (Wildman–Crippen LogP) is 5.93. The van der Waals surface area contributed by atoms with Crippen LogP contribution in [0.4, 0.5) is 0 Å². The minimum absolute atomic E-state index is 0. The fraction of sp³-hybridized carbons (Fsp3) is 0.647. The summed E-state index contributed by atoms with van der Waals surface area (Å²) >= 11 is 6.64. The lowest BCUT2D eigenvalue weighted by Gasteiger charge is -2.38. The largest absolute Gasteiger partial charge is 0.147 e. The van der Waals surface area contributed by atoms with Crippen molar-refractivity contribution in [1.82, 2.24) is 0 Å². The van der Waals surface area contributed by atoms with Gasteiger partial charge in [0.25, 0.3) is 0 Å². The van der Waals surface area contributed by atoms with Crippen LogP contribution in [0.5, 0.6) is 0 Å². The molecule has 2 heteroatoms. The third-order valence-electron chi connectivity index (χ3n) is 5.28. The van der Waals surface area contributed by atoms with E-state index in [9.17, 15) is 0 Å². The highest BCUT2D eigenvalue weighted by atomic mass is 35.5. The van der Waals surface area contributed by atoms with Gasteiger partial charge in [0.15, 0.2) is 0 Å². The van der Waals surface area contributed by atoms with Gasteiger partial charge >= 0.3 is 0 Å². The molecule has 0 N–H and O–H groups in total. The van der Waals surface area contributed by atoms with Crippen LogP contribution >= 0.6 is 24.0 Å². The van der Waals surface area contributed by atoms with Crippen molar-refractivity contribution in [3.63, 3.8) is 0 Å². The maximum absolute atomic E-state index is 6.64. The van der Waals surface area contributed by atoms with Gasteiger partial charge in [-0.1, -0.05) is 50.4 Å². The molecule has 1 aromatic carbocycles. The molecule has 106 valence electrons. The molecule has 1 saturated carbocycles. The van der Waals surface area contributed by atoms with E-state index >= 15 is 0 Å². The molecule has 1 fully saturated rings. The Hall–Kier alpha value is -0.200. The van der Waals surface area contributed by atoms with Crippen molar-refractivity contribution in [3.8, 4) is 0 Å². The van der Waals surface area contributed by atoms with Gasteiger partial charge in [-0.3, -0.25) is 0 Å². The second-order valence-electron chi connectivity index (χ2n) is 6.46. The molecule has 0 bridgehead atoms. The molecule has 0 nitrogen and oxygen atoms in total. The first kappa shape index (κ1) is 15.2. The molecule has 0 spiro atoms. The van der Waals surface area contributed by atoms with Crippen LogP contribution in [0.3, 0.4) is 0 Å². The lowest BCUT2D eigenvalue weighted by Crippen LogP contribution is -2.26. The lowest BCUT2D eigenvalue weighted by atomic mass is 9.67. The van der Waals surface area contributed by atoms with Gasteiger partial charge in [-0.2, -0.15) is 0 Å². The van der Waals surface area contributed by atoms with Gasteiger partial charge in [0.05, 0.1) is 0 Å². The van der Waals surface area contributed by atoms with E-state index in [0.29, 0.717) is 5.41 Å². The molecule has 19 heavy (non-hydrogen) atoms. The number of hydrogen-bond donors (Lipinski definition) is 0. The highest BCUT2D eigenvalue weighted by Gasteiger charge is 2.43. The second kappa shape index (κ2) is 5.66. The standard InChI is InChI=1S/C17H23Cl.ClH/c1-3-5-12-7-8-13-14(16(12)18)9-11-17(2)10-4-6-15(13)17;/h7-8,15H,3-6,9-11H2,1-2H3;1H/t15-,17-;/m1./s1. The number of halogens is 2. The van der Waals surface area contributed by atoms with E-state index in [1.54, 1.807) is 5.56 Å². The molecular formula is C17H24Cl2. The van der Waals surface area contributed by atoms with Gasteiger partial charge in [0.2, 0.25) is 0 Å². The Morgan fingerprint density at radius 1 is 1.32 bits per heavy atom. The smallest absolute Gasteiger partial charge is 0.0472 e. The number of hydrogen-bond acceptors (Lipinski definition) is 0. The number of fused-ring (bicyclic) bond motifs is 3. The molecule has 0 aliphatic heterocycles. The quantitative estimate of drug-likeness (QED) is 0.634. The van der Waals surface area contributed by atoms with Gasteiger partial charge in [-0.25, -0.2) is 0 Å². The van der Waals surface area contributed by atoms with Crippen molar-refractivity contribution in [3.05, 3.63) is 33.8 Å². The van der Waals surface area contributed by atoms with Crippen molar-refractivity contribution >= 4 is 24.0 Å². The molecule has 1 aromatic rings. The summed E-state index contributed by atoms with van der Waals surface area (Å²) in [5.41, 5.74) is 4.97. The third kappa shape index (κ3) is 2.43. The Labute approximate surface area is 128 Å². The maximum Gasteiger partial charge on any atom is 0.0472 e. The fourth-order valence-corrected chi connectivity index (χ4v) is 4.56. The highest BCUT2D eigenvalue weighted by Crippen LogP contribution is 2.56. The number of benzene rings is 1. The molecule has 0 radical (unpaired) electrons. The van der Waals surface area contributed by atoms with Crippen LogP contribution in [0.25, 0.3) is 0 Å². The van der Waals surface area contributed by atoms with Crippen LogP contribution in [0.15, 0.2) is 12.1 Å². The third-order valence-corrected chi connectivity index (χ3v) is 5.75. The van der Waals surface area contributed by atoms with Crippen molar-refractivity contribution in [1.29, 1.82) is 0 Å². The lowest BCUT2D eigenvalue weighted by molar-refractivity contribution is 0.252. The zero-order valence-corrected chi connectivity index (χ0v) is 13.5. The Morgan fingerprint density at radius 3 is 2.84 bits per heavy atom. The normalized spacial score (nSPS) is 28.5. The Bertz CT molecular complexity index is 467. The topological polar surface area (TPSA) is 0 Å². The van der Waals surface area contributed by atoms with Crippen LogP contribution in [0, 0.1) is 5.41 Å². The van der Waals surface area contributed by atoms with Crippen LogP contribution in [0.1, 0.15) is 68.6 Å². The molecule has 0 amide bonds. The van der Waals surface area contributed by atoms with E-state index in [0.717, 1.165) is 17.4 Å². The monoisotopic (exact) mass is 298 g/mol. The molecule has 0 aromatic heterocycles. The second-order valence-corrected chi connectivity index (χ2v) is 6.83. The van der Waals surface area contributed by atoms with Crippen molar-refractivity contribution in [2.75, 3.05) is 0 Å². The van der Waals surface area contributed by atoms with Crippen molar-refractivity contribution < 1.29 is 0 Å². The predicted molar refractivity (Wildman–Crippen MR) is 85.7 cm³/mol. The minimum Gasteiger partial charge on any atom is -0.147 e. The van der Waals surface area contributed by atoms with E-state index in [-0.39, 0.29) is 12.4 Å². The van der Waals surface area contributed by atoms with Gasteiger partial charge in [-0.15, -0.1) is 12.4 Å². The summed E-state index contributed by atoms with van der Waals surface area (Å²) in [7, 11) is 0. The summed E-state index contributed by atoms with van der Waals surface area (Å²) in [6.07, 6.45) is 9.00. The van der Waals surface area contributed by atoms with Gasteiger partial charge < -0.3 is 0 Å². The first-order chi connectivity index (χ1) is 8.65. The van der Waals surface area contributed by atoms with E-state index in [2.05, 4.69) is 26.0 Å². The summed E-state index contributed by atoms with van der Waals surface area (Å²) in [6.45, 7) is 4.71. The summed E-state index contributed by atoms with van der Waals surface area (Å²) in [6, 6.07) is 4.67. The van der Waals surface area contributed by atoms with Crippen molar-refractivity contribution in [2.45, 2.75) is 64.7 Å². The molecule has 2 aliphatic carbocycles. The fourth-order valence-electron chi connectivity index (χ4n) is 4.20. The molecular weight excluding hydrogens is 275 g/mol. The van der Waals surface area contributed by atoms with Crippen LogP contribution in [-0.4, -0.2) is 0 Å². The van der Waals surface area contributed by atoms with Gasteiger partial charge in [0.1, 0.15) is 0 Å². The highest BCUT2D eigenvalue weighted by molar-refractivity contribution is 6.32. The SMILES string of the molecule is CCCc1ccc2c(c1Cl)CC[C@@]1(C)CCC[C@H]21.Cl. The molecule has 0 saturated heterocycles. The average molecular weight is 299 g/mol. The van der Waals surface area contributed by atoms with Crippen molar-refractivity contribution in [2.24, 2.45) is 5.41 Å². The first-order valence-corrected chi connectivity index (χ1v) is 7.83. The molecule has 2 aliphatic rings.